The minimum absolute atomic E-state index is 0.382. The van der Waals surface area contributed by atoms with Crippen molar-refractivity contribution in [3.05, 3.63) is 0 Å². The van der Waals surface area contributed by atoms with Crippen molar-refractivity contribution in [3.63, 3.8) is 0 Å². The summed E-state index contributed by atoms with van der Waals surface area (Å²) in [6, 6.07) is 0. The second-order valence-corrected chi connectivity index (χ2v) is 5.79. The Bertz CT molecular complexity index is 201. The van der Waals surface area contributed by atoms with Crippen molar-refractivity contribution in [2.24, 2.45) is 11.8 Å². The number of aliphatic hydroxyl groups is 1. The maximum absolute atomic E-state index is 9.66. The highest BCUT2D eigenvalue weighted by molar-refractivity contribution is 4.71. The Hall–Kier alpha value is -0.0800. The van der Waals surface area contributed by atoms with Gasteiger partial charge in [0.25, 0.3) is 0 Å². The zero-order valence-electron chi connectivity index (χ0n) is 10.1. The molecule has 88 valence electrons. The number of aliphatic hydroxyl groups excluding tert-OH is 1. The van der Waals surface area contributed by atoms with Crippen LogP contribution >= 0.6 is 0 Å². The van der Waals surface area contributed by atoms with Crippen LogP contribution in [0.25, 0.3) is 0 Å². The lowest BCUT2D eigenvalue weighted by Crippen LogP contribution is -2.49. The Morgan fingerprint density at radius 2 is 1.87 bits per heavy atom. The summed E-state index contributed by atoms with van der Waals surface area (Å²) >= 11 is 0. The number of nitrogens with zero attached hydrogens (tertiary/aromatic N) is 1. The second kappa shape index (κ2) is 4.84. The summed E-state index contributed by atoms with van der Waals surface area (Å²) in [5.41, 5.74) is 0. The lowest BCUT2D eigenvalue weighted by molar-refractivity contribution is -0.938. The molecule has 2 unspecified atom stereocenters. The zero-order chi connectivity index (χ0) is 10.7. The molecule has 0 amide bonds. The third-order valence-corrected chi connectivity index (χ3v) is 4.65. The van der Waals surface area contributed by atoms with Crippen LogP contribution in [-0.2, 0) is 0 Å². The molecule has 0 aromatic carbocycles. The first-order chi connectivity index (χ1) is 7.28. The molecule has 1 aliphatic heterocycles. The molecule has 0 radical (unpaired) electrons. The van der Waals surface area contributed by atoms with E-state index in [0.29, 0.717) is 6.73 Å². The Balaban J connectivity index is 1.90. The molecule has 2 fully saturated rings. The van der Waals surface area contributed by atoms with E-state index in [1.54, 1.807) is 0 Å². The van der Waals surface area contributed by atoms with Gasteiger partial charge in [-0.3, -0.25) is 0 Å². The van der Waals surface area contributed by atoms with Crippen molar-refractivity contribution in [2.75, 3.05) is 26.4 Å². The van der Waals surface area contributed by atoms with E-state index in [0.717, 1.165) is 16.3 Å². The van der Waals surface area contributed by atoms with Crippen LogP contribution in [0.1, 0.15) is 45.4 Å². The van der Waals surface area contributed by atoms with E-state index in [1.165, 1.54) is 58.2 Å². The maximum Gasteiger partial charge on any atom is 0.180 e. The molecular weight excluding hydrogens is 186 g/mol. The van der Waals surface area contributed by atoms with Crippen molar-refractivity contribution in [2.45, 2.75) is 45.4 Å². The molecule has 1 aliphatic carbocycles. The van der Waals surface area contributed by atoms with Gasteiger partial charge < -0.3 is 9.59 Å². The van der Waals surface area contributed by atoms with E-state index in [4.69, 9.17) is 0 Å². The van der Waals surface area contributed by atoms with E-state index in [-0.39, 0.29) is 0 Å². The van der Waals surface area contributed by atoms with Gasteiger partial charge in [-0.1, -0.05) is 19.8 Å². The van der Waals surface area contributed by atoms with Gasteiger partial charge >= 0.3 is 0 Å². The predicted molar refractivity (Wildman–Crippen MR) is 62.3 cm³/mol. The normalized spacial score (nSPS) is 37.6. The quantitative estimate of drug-likeness (QED) is 0.709. The summed E-state index contributed by atoms with van der Waals surface area (Å²) in [6.07, 6.45) is 8.31. The van der Waals surface area contributed by atoms with Crippen LogP contribution in [0, 0.1) is 11.8 Å². The monoisotopic (exact) mass is 212 g/mol. The predicted octanol–water partition coefficient (Wildman–Crippen LogP) is 2.37. The Kier molecular flexibility index (Phi) is 3.68. The number of hydrogen-bond acceptors (Lipinski definition) is 1. The first kappa shape index (κ1) is 11.4. The first-order valence-corrected chi connectivity index (χ1v) is 6.74. The SMILES string of the molecule is CCC1CC[N+](CO)(CC2CCCC2)C1. The second-order valence-electron chi connectivity index (χ2n) is 5.79. The first-order valence-electron chi connectivity index (χ1n) is 6.74. The molecule has 0 aromatic heterocycles. The fraction of sp³-hybridized carbons (Fsp3) is 1.00. The fourth-order valence-electron chi connectivity index (χ4n) is 3.61. The molecule has 0 bridgehead atoms. The van der Waals surface area contributed by atoms with Gasteiger partial charge in [0.05, 0.1) is 19.6 Å². The molecule has 1 saturated carbocycles. The van der Waals surface area contributed by atoms with Gasteiger partial charge in [0.1, 0.15) is 0 Å². The molecule has 0 aromatic rings. The molecule has 15 heavy (non-hydrogen) atoms. The van der Waals surface area contributed by atoms with Gasteiger partial charge in [0.2, 0.25) is 0 Å². The topological polar surface area (TPSA) is 20.2 Å². The van der Waals surface area contributed by atoms with Gasteiger partial charge in [-0.05, 0) is 19.3 Å². The fourth-order valence-corrected chi connectivity index (χ4v) is 3.61. The summed E-state index contributed by atoms with van der Waals surface area (Å²) in [7, 11) is 0. The van der Waals surface area contributed by atoms with Crippen LogP contribution in [0.15, 0.2) is 0 Å². The van der Waals surface area contributed by atoms with Gasteiger partial charge in [-0.2, -0.15) is 0 Å². The van der Waals surface area contributed by atoms with Crippen molar-refractivity contribution in [1.29, 1.82) is 0 Å². The zero-order valence-corrected chi connectivity index (χ0v) is 10.1. The Labute approximate surface area is 93.9 Å². The van der Waals surface area contributed by atoms with Crippen LogP contribution < -0.4 is 0 Å². The van der Waals surface area contributed by atoms with Crippen LogP contribution in [0.4, 0.5) is 0 Å². The third kappa shape index (κ3) is 2.54. The van der Waals surface area contributed by atoms with Gasteiger partial charge in [0.15, 0.2) is 6.73 Å². The molecule has 2 rings (SSSR count). The maximum atomic E-state index is 9.66. The number of quaternary nitrogens is 1. The summed E-state index contributed by atoms with van der Waals surface area (Å²) in [6.45, 7) is 6.40. The standard InChI is InChI=1S/C13H26NO/c1-2-12-7-8-14(9-12,11-15)10-13-5-3-4-6-13/h12-13,15H,2-11H2,1H3/q+1. The van der Waals surface area contributed by atoms with E-state index in [1.807, 2.05) is 0 Å². The molecule has 1 saturated heterocycles. The molecule has 1 heterocycles. The summed E-state index contributed by atoms with van der Waals surface area (Å²) in [4.78, 5) is 0. The number of likely N-dealkylation sites (tertiary alicyclic amines) is 1. The van der Waals surface area contributed by atoms with Crippen molar-refractivity contribution in [1.82, 2.24) is 0 Å². The van der Waals surface area contributed by atoms with E-state index in [9.17, 15) is 5.11 Å². The van der Waals surface area contributed by atoms with Crippen LogP contribution in [0.2, 0.25) is 0 Å². The smallest absolute Gasteiger partial charge is 0.180 e. The minimum atomic E-state index is 0.382. The van der Waals surface area contributed by atoms with E-state index in [2.05, 4.69) is 6.92 Å². The van der Waals surface area contributed by atoms with Crippen molar-refractivity contribution in [3.8, 4) is 0 Å². The van der Waals surface area contributed by atoms with Gasteiger partial charge in [-0.25, -0.2) is 0 Å². The third-order valence-electron chi connectivity index (χ3n) is 4.65. The molecule has 0 spiro atoms. The van der Waals surface area contributed by atoms with Gasteiger partial charge in [-0.15, -0.1) is 0 Å². The highest BCUT2D eigenvalue weighted by Gasteiger charge is 2.39. The summed E-state index contributed by atoms with van der Waals surface area (Å²) < 4.78 is 1.02. The molecular formula is C13H26NO+. The Morgan fingerprint density at radius 1 is 1.13 bits per heavy atom. The molecule has 2 aliphatic rings. The average molecular weight is 212 g/mol. The molecule has 1 N–H and O–H groups in total. The van der Waals surface area contributed by atoms with Crippen LogP contribution in [0.3, 0.4) is 0 Å². The van der Waals surface area contributed by atoms with Crippen LogP contribution in [0.5, 0.6) is 0 Å². The largest absolute Gasteiger partial charge is 0.347 e. The molecule has 2 heteroatoms. The summed E-state index contributed by atoms with van der Waals surface area (Å²) in [5, 5.41) is 9.66. The molecule has 2 nitrogen and oxygen atoms in total. The number of rotatable bonds is 4. The minimum Gasteiger partial charge on any atom is -0.347 e. The summed E-state index contributed by atoms with van der Waals surface area (Å²) in [5.74, 6) is 1.78. The van der Waals surface area contributed by atoms with Crippen LogP contribution in [-0.4, -0.2) is 36.0 Å². The lowest BCUT2D eigenvalue weighted by atomic mass is 10.1. The van der Waals surface area contributed by atoms with Crippen molar-refractivity contribution < 1.29 is 9.59 Å². The van der Waals surface area contributed by atoms with E-state index < -0.39 is 0 Å². The highest BCUT2D eigenvalue weighted by Crippen LogP contribution is 2.32. The Morgan fingerprint density at radius 3 is 2.40 bits per heavy atom. The average Bonchev–Trinajstić information content (AvgIpc) is 2.88. The lowest BCUT2D eigenvalue weighted by Gasteiger charge is -2.34. The van der Waals surface area contributed by atoms with Gasteiger partial charge in [0, 0.05) is 18.3 Å². The molecule has 2 atom stereocenters. The van der Waals surface area contributed by atoms with Crippen molar-refractivity contribution >= 4 is 0 Å². The van der Waals surface area contributed by atoms with E-state index >= 15 is 0 Å². The highest BCUT2D eigenvalue weighted by atomic mass is 16.3. The number of hydrogen-bond donors (Lipinski definition) is 1.